The predicted octanol–water partition coefficient (Wildman–Crippen LogP) is 3.09. The molecular weight excluding hydrogens is 214 g/mol. The highest BCUT2D eigenvalue weighted by Crippen LogP contribution is 2.39. The van der Waals surface area contributed by atoms with Gasteiger partial charge in [-0.05, 0) is 43.5 Å². The van der Waals surface area contributed by atoms with Gasteiger partial charge in [-0.25, -0.2) is 0 Å². The molecule has 0 aliphatic carbocycles. The molecule has 0 amide bonds. The van der Waals surface area contributed by atoms with Crippen LogP contribution in [0.1, 0.15) is 18.9 Å². The Balaban J connectivity index is 2.10. The number of hydrogen-bond acceptors (Lipinski definition) is 2. The molecule has 0 radical (unpaired) electrons. The molecule has 0 aromatic heterocycles. The number of halogens is 1. The summed E-state index contributed by atoms with van der Waals surface area (Å²) >= 11 is 7.88. The van der Waals surface area contributed by atoms with E-state index in [0.717, 1.165) is 17.9 Å². The van der Waals surface area contributed by atoms with Gasteiger partial charge in [0, 0.05) is 21.2 Å². The molecule has 1 aromatic carbocycles. The molecule has 14 heavy (non-hydrogen) atoms. The van der Waals surface area contributed by atoms with Crippen molar-refractivity contribution >= 4 is 23.4 Å². The van der Waals surface area contributed by atoms with Crippen LogP contribution in [0.15, 0.2) is 23.1 Å². The molecule has 2 N–H and O–H groups in total. The summed E-state index contributed by atoms with van der Waals surface area (Å²) in [4.78, 5) is 1.38. The molecule has 0 saturated heterocycles. The maximum absolute atomic E-state index is 5.94. The van der Waals surface area contributed by atoms with Gasteiger partial charge in [-0.15, -0.1) is 11.8 Å². The van der Waals surface area contributed by atoms with Crippen molar-refractivity contribution in [1.29, 1.82) is 0 Å². The van der Waals surface area contributed by atoms with Gasteiger partial charge in [0.15, 0.2) is 0 Å². The Bertz CT molecular complexity index is 338. The summed E-state index contributed by atoms with van der Waals surface area (Å²) in [5.41, 5.74) is 7.18. The van der Waals surface area contributed by atoms with Crippen LogP contribution in [-0.4, -0.2) is 11.3 Å². The normalized spacial score (nSPS) is 22.1. The fourth-order valence-corrected chi connectivity index (χ4v) is 3.49. The molecule has 1 aliphatic rings. The molecule has 3 heteroatoms. The lowest BCUT2D eigenvalue weighted by Gasteiger charge is -2.10. The van der Waals surface area contributed by atoms with E-state index in [-0.39, 0.29) is 6.04 Å². The Morgan fingerprint density at radius 3 is 3.14 bits per heavy atom. The zero-order valence-corrected chi connectivity index (χ0v) is 9.74. The summed E-state index contributed by atoms with van der Waals surface area (Å²) in [6.07, 6.45) is 2.19. The predicted molar refractivity (Wildman–Crippen MR) is 63.1 cm³/mol. The van der Waals surface area contributed by atoms with E-state index in [2.05, 4.69) is 19.1 Å². The molecule has 0 bridgehead atoms. The molecule has 2 rings (SSSR count). The minimum atomic E-state index is 0.289. The first-order chi connectivity index (χ1) is 6.65. The van der Waals surface area contributed by atoms with Gasteiger partial charge >= 0.3 is 0 Å². The van der Waals surface area contributed by atoms with Gasteiger partial charge in [0.1, 0.15) is 0 Å². The van der Waals surface area contributed by atoms with Crippen molar-refractivity contribution in [3.05, 3.63) is 28.8 Å². The molecule has 0 saturated carbocycles. The first-order valence-corrected chi connectivity index (χ1v) is 6.11. The monoisotopic (exact) mass is 227 g/mol. The summed E-state index contributed by atoms with van der Waals surface area (Å²) in [6, 6.07) is 6.44. The third-order valence-electron chi connectivity index (χ3n) is 2.40. The van der Waals surface area contributed by atoms with Crippen molar-refractivity contribution < 1.29 is 0 Å². The summed E-state index contributed by atoms with van der Waals surface area (Å²) in [5, 5.41) is 1.48. The lowest BCUT2D eigenvalue weighted by molar-refractivity contribution is 0.642. The van der Waals surface area contributed by atoms with Crippen molar-refractivity contribution in [3.63, 3.8) is 0 Å². The Labute approximate surface area is 94.0 Å². The quantitative estimate of drug-likeness (QED) is 0.841. The largest absolute Gasteiger partial charge is 0.328 e. The summed E-state index contributed by atoms with van der Waals surface area (Å²) in [5.74, 6) is 0. The fourth-order valence-electron chi connectivity index (χ4n) is 1.84. The highest BCUT2D eigenvalue weighted by atomic mass is 35.5. The molecule has 1 aromatic rings. The first kappa shape index (κ1) is 10.3. The summed E-state index contributed by atoms with van der Waals surface area (Å²) in [7, 11) is 0. The van der Waals surface area contributed by atoms with E-state index < -0.39 is 0 Å². The number of nitrogens with two attached hydrogens (primary N) is 1. The van der Waals surface area contributed by atoms with Gasteiger partial charge in [0.05, 0.1) is 0 Å². The van der Waals surface area contributed by atoms with Crippen molar-refractivity contribution in [3.8, 4) is 0 Å². The van der Waals surface area contributed by atoms with Crippen LogP contribution < -0.4 is 5.73 Å². The maximum Gasteiger partial charge on any atom is 0.0409 e. The standard InChI is InChI=1S/C11H14ClNS/c1-7(13)4-10-6-8-5-9(12)2-3-11(8)14-10/h2-3,5,7,10H,4,6,13H2,1H3. The molecule has 1 aliphatic heterocycles. The molecular formula is C11H14ClNS. The molecule has 2 atom stereocenters. The van der Waals surface area contributed by atoms with Crippen molar-refractivity contribution in [1.82, 2.24) is 0 Å². The van der Waals surface area contributed by atoms with Crippen molar-refractivity contribution in [2.24, 2.45) is 5.73 Å². The van der Waals surface area contributed by atoms with Crippen LogP contribution in [-0.2, 0) is 6.42 Å². The van der Waals surface area contributed by atoms with Crippen LogP contribution in [0, 0.1) is 0 Å². The SMILES string of the molecule is CC(N)CC1Cc2cc(Cl)ccc2S1. The third kappa shape index (κ3) is 2.25. The van der Waals surface area contributed by atoms with Gasteiger partial charge in [-0.1, -0.05) is 11.6 Å². The van der Waals surface area contributed by atoms with Crippen LogP contribution in [0.4, 0.5) is 0 Å². The summed E-state index contributed by atoms with van der Waals surface area (Å²) < 4.78 is 0. The Hall–Kier alpha value is -0.180. The smallest absolute Gasteiger partial charge is 0.0409 e. The lowest BCUT2D eigenvalue weighted by Crippen LogP contribution is -2.20. The van der Waals surface area contributed by atoms with Gasteiger partial charge in [-0.2, -0.15) is 0 Å². The molecule has 1 nitrogen and oxygen atoms in total. The third-order valence-corrected chi connectivity index (χ3v) is 3.98. The lowest BCUT2D eigenvalue weighted by atomic mass is 10.1. The van der Waals surface area contributed by atoms with Crippen molar-refractivity contribution in [2.75, 3.05) is 0 Å². The van der Waals surface area contributed by atoms with Crippen LogP contribution in [0.2, 0.25) is 5.02 Å². The number of thioether (sulfide) groups is 1. The van der Waals surface area contributed by atoms with Crippen LogP contribution in [0.3, 0.4) is 0 Å². The Morgan fingerprint density at radius 2 is 2.43 bits per heavy atom. The Kier molecular flexibility index (Phi) is 3.05. The molecule has 0 fully saturated rings. The van der Waals surface area contributed by atoms with E-state index in [9.17, 15) is 0 Å². The van der Waals surface area contributed by atoms with Crippen LogP contribution in [0.5, 0.6) is 0 Å². The fraction of sp³-hybridized carbons (Fsp3) is 0.455. The van der Waals surface area contributed by atoms with Gasteiger partial charge in [0.2, 0.25) is 0 Å². The van der Waals surface area contributed by atoms with Crippen LogP contribution in [0.25, 0.3) is 0 Å². The second kappa shape index (κ2) is 4.13. The van der Waals surface area contributed by atoms with Crippen LogP contribution >= 0.6 is 23.4 Å². The van der Waals surface area contributed by atoms with Gasteiger partial charge in [-0.3, -0.25) is 0 Å². The minimum Gasteiger partial charge on any atom is -0.328 e. The van der Waals surface area contributed by atoms with E-state index in [0.29, 0.717) is 5.25 Å². The zero-order chi connectivity index (χ0) is 10.1. The number of fused-ring (bicyclic) bond motifs is 1. The molecule has 2 unspecified atom stereocenters. The average molecular weight is 228 g/mol. The molecule has 76 valence electrons. The Morgan fingerprint density at radius 1 is 1.64 bits per heavy atom. The van der Waals surface area contributed by atoms with E-state index in [1.165, 1.54) is 10.5 Å². The average Bonchev–Trinajstić information content (AvgIpc) is 2.44. The number of hydrogen-bond donors (Lipinski definition) is 1. The molecule has 1 heterocycles. The summed E-state index contributed by atoms with van der Waals surface area (Å²) in [6.45, 7) is 2.07. The topological polar surface area (TPSA) is 26.0 Å². The van der Waals surface area contributed by atoms with Gasteiger partial charge < -0.3 is 5.73 Å². The van der Waals surface area contributed by atoms with Crippen molar-refractivity contribution in [2.45, 2.75) is 36.0 Å². The zero-order valence-electron chi connectivity index (χ0n) is 8.16. The highest BCUT2D eigenvalue weighted by molar-refractivity contribution is 8.00. The number of rotatable bonds is 2. The second-order valence-corrected chi connectivity index (χ2v) is 5.69. The number of benzene rings is 1. The maximum atomic E-state index is 5.94. The van der Waals surface area contributed by atoms with E-state index in [1.54, 1.807) is 0 Å². The van der Waals surface area contributed by atoms with Gasteiger partial charge in [0.25, 0.3) is 0 Å². The molecule has 0 spiro atoms. The van der Waals surface area contributed by atoms with E-state index >= 15 is 0 Å². The van der Waals surface area contributed by atoms with E-state index in [1.807, 2.05) is 17.8 Å². The van der Waals surface area contributed by atoms with E-state index in [4.69, 9.17) is 17.3 Å². The second-order valence-electron chi connectivity index (χ2n) is 3.91. The first-order valence-electron chi connectivity index (χ1n) is 4.86. The minimum absolute atomic E-state index is 0.289. The highest BCUT2D eigenvalue weighted by Gasteiger charge is 2.22.